The van der Waals surface area contributed by atoms with Gasteiger partial charge in [-0.15, -0.1) is 22.7 Å². The number of nitrogens with zero attached hydrogens (tertiary/aromatic N) is 3. The lowest BCUT2D eigenvalue weighted by Gasteiger charge is -2.27. The number of Topliss-reactive ketones (excluding diaryl/α,β-unsaturated/α-hetero) is 1. The molecule has 2 N–H and O–H groups in total. The summed E-state index contributed by atoms with van der Waals surface area (Å²) in [4.78, 5) is 51.3. The standard InChI is InChI=1S/C35H43N5O4S2/c1-25(2)33(39-34(42)40(3)21-30-19-36-23-45-30)32(41)18-28(16-26-10-6-4-7-11-26)14-15-29(17-27-12-8-5-9-13-27)38-35(43)44-22-31-20-37-24-46-31/h4-13,19-20,23-25,28-29,33H,14-18,21-22H2,1-3H3,(H,38,43)(H,39,42)/t28-,29-,33+/m1/s1. The number of benzene rings is 2. The van der Waals surface area contributed by atoms with E-state index in [9.17, 15) is 14.4 Å². The largest absolute Gasteiger partial charge is 0.444 e. The Kier molecular flexibility index (Phi) is 13.7. The van der Waals surface area contributed by atoms with Crippen molar-refractivity contribution in [2.45, 2.75) is 71.2 Å². The summed E-state index contributed by atoms with van der Waals surface area (Å²) >= 11 is 2.93. The maximum absolute atomic E-state index is 13.8. The highest BCUT2D eigenvalue weighted by Crippen LogP contribution is 2.23. The summed E-state index contributed by atoms with van der Waals surface area (Å²) in [5.41, 5.74) is 5.70. The number of nitrogens with one attached hydrogen (secondary N) is 2. The summed E-state index contributed by atoms with van der Waals surface area (Å²) in [5, 5.41) is 6.06. The third-order valence-corrected chi connectivity index (χ3v) is 9.29. The number of thiazole rings is 2. The van der Waals surface area contributed by atoms with Crippen LogP contribution < -0.4 is 10.6 Å². The van der Waals surface area contributed by atoms with Gasteiger partial charge in [0.25, 0.3) is 0 Å². The quantitative estimate of drug-likeness (QED) is 0.127. The first-order valence-electron chi connectivity index (χ1n) is 15.6. The smallest absolute Gasteiger partial charge is 0.407 e. The fourth-order valence-electron chi connectivity index (χ4n) is 5.34. The van der Waals surface area contributed by atoms with Gasteiger partial charge in [0.05, 0.1) is 28.5 Å². The number of alkyl carbamates (subject to hydrolysis) is 1. The Morgan fingerprint density at radius 3 is 2.02 bits per heavy atom. The first-order valence-corrected chi connectivity index (χ1v) is 17.3. The fraction of sp³-hybridized carbons (Fsp3) is 0.400. The molecule has 46 heavy (non-hydrogen) atoms. The zero-order valence-electron chi connectivity index (χ0n) is 26.6. The predicted octanol–water partition coefficient (Wildman–Crippen LogP) is 6.90. The number of ketones is 1. The van der Waals surface area contributed by atoms with Crippen molar-refractivity contribution >= 4 is 40.6 Å². The van der Waals surface area contributed by atoms with Crippen LogP contribution in [-0.4, -0.2) is 51.9 Å². The van der Waals surface area contributed by atoms with E-state index in [4.69, 9.17) is 4.74 Å². The molecule has 0 spiro atoms. The summed E-state index contributed by atoms with van der Waals surface area (Å²) in [7, 11) is 1.72. The molecule has 4 rings (SSSR count). The number of urea groups is 1. The van der Waals surface area contributed by atoms with Crippen LogP contribution in [0.15, 0.2) is 84.1 Å². The average molecular weight is 662 g/mol. The van der Waals surface area contributed by atoms with Crippen LogP contribution in [0.3, 0.4) is 0 Å². The Balaban J connectivity index is 1.43. The Bertz CT molecular complexity index is 1470. The van der Waals surface area contributed by atoms with Crippen molar-refractivity contribution in [1.82, 2.24) is 25.5 Å². The first-order chi connectivity index (χ1) is 22.3. The Morgan fingerprint density at radius 2 is 1.43 bits per heavy atom. The molecule has 244 valence electrons. The molecule has 0 fully saturated rings. The summed E-state index contributed by atoms with van der Waals surface area (Å²) in [6, 6.07) is 19.1. The molecule has 2 aromatic heterocycles. The van der Waals surface area contributed by atoms with Crippen LogP contribution in [0, 0.1) is 11.8 Å². The molecule has 0 aliphatic carbocycles. The van der Waals surface area contributed by atoms with E-state index in [1.54, 1.807) is 35.4 Å². The molecule has 9 nitrogen and oxygen atoms in total. The summed E-state index contributed by atoms with van der Waals surface area (Å²) < 4.78 is 5.49. The number of hydrogen-bond acceptors (Lipinski definition) is 8. The topological polar surface area (TPSA) is 114 Å². The number of ether oxygens (including phenoxy) is 1. The lowest BCUT2D eigenvalue weighted by molar-refractivity contribution is -0.122. The molecular weight excluding hydrogens is 619 g/mol. The molecule has 4 aromatic rings. The molecule has 11 heteroatoms. The van der Waals surface area contributed by atoms with E-state index >= 15 is 0 Å². The Hall–Kier alpha value is -4.09. The highest BCUT2D eigenvalue weighted by molar-refractivity contribution is 7.09. The molecule has 0 saturated carbocycles. The van der Waals surface area contributed by atoms with Gasteiger partial charge in [0, 0.05) is 36.8 Å². The first kappa shape index (κ1) is 34.8. The van der Waals surface area contributed by atoms with E-state index < -0.39 is 12.1 Å². The van der Waals surface area contributed by atoms with Crippen LogP contribution in [0.1, 0.15) is 54.0 Å². The molecule has 3 amide bonds. The monoisotopic (exact) mass is 661 g/mol. The summed E-state index contributed by atoms with van der Waals surface area (Å²) in [6.45, 7) is 4.50. The second-order valence-corrected chi connectivity index (χ2v) is 13.8. The van der Waals surface area contributed by atoms with Crippen molar-refractivity contribution in [1.29, 1.82) is 0 Å². The van der Waals surface area contributed by atoms with Gasteiger partial charge in [-0.05, 0) is 48.6 Å². The van der Waals surface area contributed by atoms with Crippen molar-refractivity contribution in [3.8, 4) is 0 Å². The second-order valence-electron chi connectivity index (χ2n) is 11.9. The maximum Gasteiger partial charge on any atom is 0.407 e. The van der Waals surface area contributed by atoms with Crippen molar-refractivity contribution in [2.24, 2.45) is 11.8 Å². The minimum atomic E-state index is -0.616. The number of hydrogen-bond donors (Lipinski definition) is 2. The number of aromatic nitrogens is 2. The van der Waals surface area contributed by atoms with Gasteiger partial charge in [0.1, 0.15) is 6.61 Å². The zero-order chi connectivity index (χ0) is 32.7. The lowest BCUT2D eigenvalue weighted by Crippen LogP contribution is -2.49. The molecule has 0 bridgehead atoms. The van der Waals surface area contributed by atoms with Gasteiger partial charge < -0.3 is 20.3 Å². The van der Waals surface area contributed by atoms with Gasteiger partial charge in [0.2, 0.25) is 0 Å². The van der Waals surface area contributed by atoms with Gasteiger partial charge in [-0.2, -0.15) is 0 Å². The second kappa shape index (κ2) is 18.2. The van der Waals surface area contributed by atoms with Crippen molar-refractivity contribution in [2.75, 3.05) is 7.05 Å². The van der Waals surface area contributed by atoms with Gasteiger partial charge in [-0.25, -0.2) is 9.59 Å². The van der Waals surface area contributed by atoms with Crippen LogP contribution in [-0.2, 0) is 35.5 Å². The van der Waals surface area contributed by atoms with E-state index in [0.29, 0.717) is 38.6 Å². The average Bonchev–Trinajstić information content (AvgIpc) is 3.77. The number of rotatable bonds is 17. The number of amides is 3. The van der Waals surface area contributed by atoms with Crippen LogP contribution in [0.4, 0.5) is 9.59 Å². The molecule has 0 saturated heterocycles. The summed E-state index contributed by atoms with van der Waals surface area (Å²) in [5.74, 6) is -0.0605. The third-order valence-electron chi connectivity index (χ3n) is 7.77. The Labute approximate surface area is 279 Å². The molecular formula is C35H43N5O4S2. The maximum atomic E-state index is 13.8. The normalized spacial score (nSPS) is 13.0. The van der Waals surface area contributed by atoms with Gasteiger partial charge >= 0.3 is 12.1 Å². The Morgan fingerprint density at radius 1 is 0.826 bits per heavy atom. The van der Waals surface area contributed by atoms with Crippen molar-refractivity contribution < 1.29 is 19.1 Å². The minimum Gasteiger partial charge on any atom is -0.444 e. The zero-order valence-corrected chi connectivity index (χ0v) is 28.3. The minimum absolute atomic E-state index is 0.00649. The van der Waals surface area contributed by atoms with Crippen LogP contribution in [0.5, 0.6) is 0 Å². The molecule has 2 aromatic carbocycles. The van der Waals surface area contributed by atoms with E-state index in [2.05, 4.69) is 32.7 Å². The van der Waals surface area contributed by atoms with E-state index in [0.717, 1.165) is 20.9 Å². The van der Waals surface area contributed by atoms with Gasteiger partial charge in [-0.1, -0.05) is 74.5 Å². The number of carbonyl (C=O) groups excluding carboxylic acids is 3. The predicted molar refractivity (Wildman–Crippen MR) is 183 cm³/mol. The van der Waals surface area contributed by atoms with E-state index in [1.807, 2.05) is 62.4 Å². The number of carbonyl (C=O) groups is 3. The van der Waals surface area contributed by atoms with Crippen LogP contribution in [0.2, 0.25) is 0 Å². The van der Waals surface area contributed by atoms with E-state index in [1.165, 1.54) is 22.7 Å². The van der Waals surface area contributed by atoms with E-state index in [-0.39, 0.29) is 36.3 Å². The SMILES string of the molecule is CC(C)[C@H](NC(=O)N(C)Cc1cncs1)C(=O)C[C@H](CC[C@H](Cc1ccccc1)NC(=O)OCc1cncs1)Cc1ccccc1. The fourth-order valence-corrected chi connectivity index (χ4v) is 6.50. The molecule has 3 atom stereocenters. The third kappa shape index (κ3) is 11.7. The molecule has 0 aliphatic rings. The highest BCUT2D eigenvalue weighted by Gasteiger charge is 2.28. The molecule has 2 heterocycles. The van der Waals surface area contributed by atoms with Gasteiger partial charge in [0.15, 0.2) is 5.78 Å². The lowest BCUT2D eigenvalue weighted by atomic mass is 9.85. The van der Waals surface area contributed by atoms with Gasteiger partial charge in [-0.3, -0.25) is 14.8 Å². The molecule has 0 radical (unpaired) electrons. The molecule has 0 aliphatic heterocycles. The van der Waals surface area contributed by atoms with Crippen LogP contribution >= 0.6 is 22.7 Å². The van der Waals surface area contributed by atoms with Crippen molar-refractivity contribution in [3.63, 3.8) is 0 Å². The molecule has 0 unspecified atom stereocenters. The highest BCUT2D eigenvalue weighted by atomic mass is 32.1. The van der Waals surface area contributed by atoms with Crippen LogP contribution in [0.25, 0.3) is 0 Å². The summed E-state index contributed by atoms with van der Waals surface area (Å²) in [6.07, 6.45) is 5.98. The van der Waals surface area contributed by atoms with Crippen molar-refractivity contribution in [3.05, 3.63) is 105 Å².